The van der Waals surface area contributed by atoms with Crippen LogP contribution in [-0.4, -0.2) is 13.1 Å². The van der Waals surface area contributed by atoms with E-state index in [2.05, 4.69) is 24.4 Å². The molecule has 13 heavy (non-hydrogen) atoms. The number of benzene rings is 1. The fraction of sp³-hybridized carbons (Fsp3) is 0.455. The predicted molar refractivity (Wildman–Crippen MR) is 56.2 cm³/mol. The Morgan fingerprint density at radius 2 is 2.23 bits per heavy atom. The minimum Gasteiger partial charge on any atom is -0.316 e. The van der Waals surface area contributed by atoms with Crippen molar-refractivity contribution >= 4 is 11.6 Å². The Balaban J connectivity index is 2.24. The van der Waals surface area contributed by atoms with Crippen LogP contribution in [0.4, 0.5) is 0 Å². The molecule has 0 aliphatic carbocycles. The summed E-state index contributed by atoms with van der Waals surface area (Å²) < 4.78 is 0. The first-order chi connectivity index (χ1) is 6.27. The molecule has 1 aliphatic rings. The third-order valence-electron chi connectivity index (χ3n) is 2.79. The molecule has 0 radical (unpaired) electrons. The Labute approximate surface area is 84.1 Å². The van der Waals surface area contributed by atoms with Crippen LogP contribution in [0, 0.1) is 5.92 Å². The number of hydrogen-bond donors (Lipinski definition) is 1. The van der Waals surface area contributed by atoms with Gasteiger partial charge in [0.25, 0.3) is 0 Å². The Kier molecular flexibility index (Phi) is 2.56. The summed E-state index contributed by atoms with van der Waals surface area (Å²) >= 11 is 5.95. The lowest BCUT2D eigenvalue weighted by atomic mass is 9.90. The van der Waals surface area contributed by atoms with E-state index in [0.29, 0.717) is 5.92 Å². The second-order valence-electron chi connectivity index (χ2n) is 3.80. The quantitative estimate of drug-likeness (QED) is 0.727. The molecule has 2 atom stereocenters. The number of hydrogen-bond acceptors (Lipinski definition) is 1. The number of rotatable bonds is 1. The summed E-state index contributed by atoms with van der Waals surface area (Å²) in [5, 5.41) is 4.24. The molecule has 2 heteroatoms. The lowest BCUT2D eigenvalue weighted by Gasteiger charge is -2.14. The number of halogens is 1. The minimum absolute atomic E-state index is 0.638. The molecular weight excluding hydrogens is 182 g/mol. The van der Waals surface area contributed by atoms with Gasteiger partial charge in [0, 0.05) is 17.5 Å². The molecule has 1 aliphatic heterocycles. The summed E-state index contributed by atoms with van der Waals surface area (Å²) in [5.74, 6) is 1.36. The van der Waals surface area contributed by atoms with Crippen LogP contribution in [0.15, 0.2) is 24.3 Å². The normalized spacial score (nSPS) is 27.8. The van der Waals surface area contributed by atoms with E-state index in [1.165, 1.54) is 5.56 Å². The van der Waals surface area contributed by atoms with Gasteiger partial charge in [0.05, 0.1) is 0 Å². The van der Waals surface area contributed by atoms with E-state index < -0.39 is 0 Å². The molecule has 0 saturated carbocycles. The average molecular weight is 196 g/mol. The molecule has 70 valence electrons. The van der Waals surface area contributed by atoms with Gasteiger partial charge in [0.2, 0.25) is 0 Å². The van der Waals surface area contributed by atoms with Crippen molar-refractivity contribution in [3.8, 4) is 0 Å². The SMILES string of the molecule is C[C@H]1CNC[C@H]1c1cccc(Cl)c1. The van der Waals surface area contributed by atoms with E-state index in [0.717, 1.165) is 24.0 Å². The summed E-state index contributed by atoms with van der Waals surface area (Å²) in [4.78, 5) is 0. The molecule has 1 aromatic rings. The van der Waals surface area contributed by atoms with E-state index in [4.69, 9.17) is 11.6 Å². The van der Waals surface area contributed by atoms with Crippen LogP contribution in [0.5, 0.6) is 0 Å². The summed E-state index contributed by atoms with van der Waals surface area (Å²) in [6.07, 6.45) is 0. The van der Waals surface area contributed by atoms with Crippen molar-refractivity contribution in [3.05, 3.63) is 34.9 Å². The van der Waals surface area contributed by atoms with Gasteiger partial charge in [-0.3, -0.25) is 0 Å². The maximum absolute atomic E-state index is 5.95. The van der Waals surface area contributed by atoms with Crippen LogP contribution in [-0.2, 0) is 0 Å². The zero-order valence-corrected chi connectivity index (χ0v) is 8.51. The van der Waals surface area contributed by atoms with E-state index in [1.54, 1.807) is 0 Å². The highest BCUT2D eigenvalue weighted by Gasteiger charge is 2.24. The number of nitrogens with one attached hydrogen (secondary N) is 1. The highest BCUT2D eigenvalue weighted by atomic mass is 35.5. The van der Waals surface area contributed by atoms with Gasteiger partial charge in [-0.05, 0) is 30.2 Å². The van der Waals surface area contributed by atoms with Crippen molar-refractivity contribution in [2.45, 2.75) is 12.8 Å². The molecule has 0 unspecified atom stereocenters. The second-order valence-corrected chi connectivity index (χ2v) is 4.23. The van der Waals surface area contributed by atoms with Gasteiger partial charge >= 0.3 is 0 Å². The van der Waals surface area contributed by atoms with Crippen molar-refractivity contribution in [2.75, 3.05) is 13.1 Å². The lowest BCUT2D eigenvalue weighted by Crippen LogP contribution is -2.07. The van der Waals surface area contributed by atoms with Crippen molar-refractivity contribution in [1.29, 1.82) is 0 Å². The zero-order chi connectivity index (χ0) is 9.26. The molecule has 2 rings (SSSR count). The molecule has 1 nitrogen and oxygen atoms in total. The van der Waals surface area contributed by atoms with Crippen molar-refractivity contribution in [2.24, 2.45) is 5.92 Å². The highest BCUT2D eigenvalue weighted by Crippen LogP contribution is 2.28. The summed E-state index contributed by atoms with van der Waals surface area (Å²) in [5.41, 5.74) is 1.37. The average Bonchev–Trinajstić information content (AvgIpc) is 2.51. The molecule has 0 amide bonds. The van der Waals surface area contributed by atoms with Crippen molar-refractivity contribution in [3.63, 3.8) is 0 Å². The van der Waals surface area contributed by atoms with Crippen LogP contribution in [0.25, 0.3) is 0 Å². The van der Waals surface area contributed by atoms with Crippen LogP contribution in [0.3, 0.4) is 0 Å². The van der Waals surface area contributed by atoms with Crippen molar-refractivity contribution in [1.82, 2.24) is 5.32 Å². The molecular formula is C11H14ClN. The molecule has 1 N–H and O–H groups in total. The lowest BCUT2D eigenvalue weighted by molar-refractivity contribution is 0.572. The maximum Gasteiger partial charge on any atom is 0.0408 e. The first-order valence-electron chi connectivity index (χ1n) is 4.73. The van der Waals surface area contributed by atoms with Gasteiger partial charge in [0.1, 0.15) is 0 Å². The first kappa shape index (κ1) is 9.04. The third kappa shape index (κ3) is 1.87. The standard InChI is InChI=1S/C11H14ClN/c1-8-6-13-7-11(8)9-3-2-4-10(12)5-9/h2-5,8,11,13H,6-7H2,1H3/t8-,11+/m0/s1. The molecule has 1 heterocycles. The van der Waals surface area contributed by atoms with Crippen LogP contribution in [0.1, 0.15) is 18.4 Å². The van der Waals surface area contributed by atoms with Gasteiger partial charge in [-0.1, -0.05) is 30.7 Å². The molecule has 0 bridgehead atoms. The van der Waals surface area contributed by atoms with Gasteiger partial charge < -0.3 is 5.32 Å². The van der Waals surface area contributed by atoms with E-state index in [1.807, 2.05) is 12.1 Å². The molecule has 1 saturated heterocycles. The predicted octanol–water partition coefficient (Wildman–Crippen LogP) is 2.66. The first-order valence-corrected chi connectivity index (χ1v) is 5.11. The fourth-order valence-electron chi connectivity index (χ4n) is 1.99. The second kappa shape index (κ2) is 3.69. The summed E-state index contributed by atoms with van der Waals surface area (Å²) in [6, 6.07) is 8.20. The maximum atomic E-state index is 5.95. The minimum atomic E-state index is 0.638. The summed E-state index contributed by atoms with van der Waals surface area (Å²) in [6.45, 7) is 4.49. The van der Waals surface area contributed by atoms with Gasteiger partial charge in [-0.25, -0.2) is 0 Å². The van der Waals surface area contributed by atoms with E-state index in [-0.39, 0.29) is 0 Å². The van der Waals surface area contributed by atoms with E-state index in [9.17, 15) is 0 Å². The smallest absolute Gasteiger partial charge is 0.0408 e. The monoisotopic (exact) mass is 195 g/mol. The Morgan fingerprint density at radius 1 is 1.38 bits per heavy atom. The van der Waals surface area contributed by atoms with Gasteiger partial charge in [0.15, 0.2) is 0 Å². The Hall–Kier alpha value is -0.530. The van der Waals surface area contributed by atoms with Crippen LogP contribution < -0.4 is 5.32 Å². The Bertz CT molecular complexity index is 298. The molecule has 1 fully saturated rings. The van der Waals surface area contributed by atoms with Gasteiger partial charge in [-0.2, -0.15) is 0 Å². The zero-order valence-electron chi connectivity index (χ0n) is 7.76. The van der Waals surface area contributed by atoms with E-state index >= 15 is 0 Å². The largest absolute Gasteiger partial charge is 0.316 e. The Morgan fingerprint density at radius 3 is 2.85 bits per heavy atom. The van der Waals surface area contributed by atoms with Crippen molar-refractivity contribution < 1.29 is 0 Å². The summed E-state index contributed by atoms with van der Waals surface area (Å²) in [7, 11) is 0. The molecule has 1 aromatic carbocycles. The van der Waals surface area contributed by atoms with Gasteiger partial charge in [-0.15, -0.1) is 0 Å². The topological polar surface area (TPSA) is 12.0 Å². The van der Waals surface area contributed by atoms with Crippen LogP contribution in [0.2, 0.25) is 5.02 Å². The molecule has 0 aromatic heterocycles. The fourth-order valence-corrected chi connectivity index (χ4v) is 2.19. The molecule has 0 spiro atoms. The third-order valence-corrected chi connectivity index (χ3v) is 3.03. The highest BCUT2D eigenvalue weighted by molar-refractivity contribution is 6.30. The van der Waals surface area contributed by atoms with Crippen LogP contribution >= 0.6 is 11.6 Å².